The number of aromatic nitrogens is 4. The Bertz CT molecular complexity index is 1720. The molecule has 0 aliphatic heterocycles. The minimum absolute atomic E-state index is 0.00829. The molecule has 3 N–H and O–H groups in total. The van der Waals surface area contributed by atoms with Crippen LogP contribution in [0.15, 0.2) is 36.5 Å². The molecule has 51 heavy (non-hydrogen) atoms. The van der Waals surface area contributed by atoms with Crippen LogP contribution < -0.4 is 16.0 Å². The van der Waals surface area contributed by atoms with Crippen LogP contribution in [-0.2, 0) is 25.8 Å². The molecule has 276 valence electrons. The van der Waals surface area contributed by atoms with Gasteiger partial charge < -0.3 is 25.4 Å². The average Bonchev–Trinajstić information content (AvgIpc) is 3.98. The Kier molecular flexibility index (Phi) is 11.3. The molecule has 2 saturated carbocycles. The van der Waals surface area contributed by atoms with Crippen molar-refractivity contribution in [3.8, 4) is 11.1 Å². The van der Waals surface area contributed by atoms with E-state index in [1.165, 1.54) is 0 Å². The molecule has 0 spiro atoms. The molecule has 2 aliphatic rings. The summed E-state index contributed by atoms with van der Waals surface area (Å²) in [7, 11) is 0. The molecule has 2 aromatic heterocycles. The molecule has 0 saturated heterocycles. The summed E-state index contributed by atoms with van der Waals surface area (Å²) in [6, 6.07) is 7.66. The summed E-state index contributed by atoms with van der Waals surface area (Å²) >= 11 is 0. The maximum atomic E-state index is 13.9. The van der Waals surface area contributed by atoms with E-state index in [2.05, 4.69) is 26.1 Å². The smallest absolute Gasteiger partial charge is 0.408 e. The van der Waals surface area contributed by atoms with E-state index in [-0.39, 0.29) is 36.4 Å². The zero-order valence-corrected chi connectivity index (χ0v) is 31.3. The third-order valence-corrected chi connectivity index (χ3v) is 9.42. The lowest BCUT2D eigenvalue weighted by Crippen LogP contribution is -2.50. The third kappa shape index (κ3) is 9.36. The van der Waals surface area contributed by atoms with Crippen molar-refractivity contribution in [2.24, 2.45) is 23.7 Å². The number of benzene rings is 1. The molecule has 13 nitrogen and oxygen atoms in total. The Hall–Kier alpha value is -4.68. The SMILES string of the molecule is Cc1nn(COC(=O)C(NC(=O)OC(C)(C)C)C(C)C)c(C)c1-c1ccc(NC(=O)C(NC(=O)c2ccnn2C(C)C)C(C2CC2)C2CC2)cc1. The quantitative estimate of drug-likeness (QED) is 0.168. The molecule has 3 amide bonds. The number of hydrogen-bond acceptors (Lipinski definition) is 8. The van der Waals surface area contributed by atoms with E-state index < -0.39 is 29.7 Å². The molecule has 2 atom stereocenters. The van der Waals surface area contributed by atoms with E-state index in [4.69, 9.17) is 9.47 Å². The number of nitrogens with zero attached hydrogens (tertiary/aromatic N) is 4. The highest BCUT2D eigenvalue weighted by atomic mass is 16.6. The van der Waals surface area contributed by atoms with Gasteiger partial charge in [0.15, 0.2) is 6.73 Å². The number of amides is 3. The number of aryl methyl sites for hydroxylation is 1. The molecule has 3 aromatic rings. The van der Waals surface area contributed by atoms with Gasteiger partial charge in [-0.3, -0.25) is 14.3 Å². The Balaban J connectivity index is 1.26. The van der Waals surface area contributed by atoms with Gasteiger partial charge in [-0.2, -0.15) is 10.2 Å². The number of carbonyl (C=O) groups excluding carboxylic acids is 4. The standard InChI is InChI=1S/C38H53N7O6/c1-21(2)32(42-37(49)51-38(7,8)9)36(48)50-20-44-24(6)30(23(5)43-44)25-14-16-28(17-15-25)40-35(47)33(31(26-10-11-26)27-12-13-27)41-34(46)29-18-19-39-45(29)22(3)4/h14-19,21-22,26-27,31-33H,10-13,20H2,1-9H3,(H,40,47)(H,41,46)(H,42,49). The van der Waals surface area contributed by atoms with Gasteiger partial charge in [-0.15, -0.1) is 0 Å². The summed E-state index contributed by atoms with van der Waals surface area (Å²) in [5.74, 6) is -0.368. The first kappa shape index (κ1) is 37.6. The Morgan fingerprint density at radius 2 is 1.53 bits per heavy atom. The summed E-state index contributed by atoms with van der Waals surface area (Å²) in [6.07, 6.45) is 5.23. The van der Waals surface area contributed by atoms with Crippen LogP contribution in [0.4, 0.5) is 10.5 Å². The lowest BCUT2D eigenvalue weighted by molar-refractivity contribution is -0.151. The van der Waals surface area contributed by atoms with Crippen molar-refractivity contribution in [2.45, 2.75) is 118 Å². The number of esters is 1. The zero-order valence-electron chi connectivity index (χ0n) is 31.3. The summed E-state index contributed by atoms with van der Waals surface area (Å²) in [4.78, 5) is 52.7. The fraction of sp³-hybridized carbons (Fsp3) is 0.579. The van der Waals surface area contributed by atoms with Gasteiger partial charge in [0.25, 0.3) is 5.91 Å². The Morgan fingerprint density at radius 3 is 2.08 bits per heavy atom. The van der Waals surface area contributed by atoms with Crippen LogP contribution >= 0.6 is 0 Å². The molecule has 0 bridgehead atoms. The first-order chi connectivity index (χ1) is 24.0. The largest absolute Gasteiger partial charge is 0.444 e. The number of anilines is 1. The molecule has 2 fully saturated rings. The predicted octanol–water partition coefficient (Wildman–Crippen LogP) is 6.17. The minimum Gasteiger partial charge on any atom is -0.444 e. The van der Waals surface area contributed by atoms with Crippen LogP contribution in [0.3, 0.4) is 0 Å². The second-order valence-corrected chi connectivity index (χ2v) is 15.5. The van der Waals surface area contributed by atoms with Gasteiger partial charge in [0.05, 0.1) is 5.69 Å². The van der Waals surface area contributed by atoms with Crippen molar-refractivity contribution in [1.82, 2.24) is 30.2 Å². The van der Waals surface area contributed by atoms with Crippen molar-refractivity contribution in [3.05, 3.63) is 53.6 Å². The molecule has 1 aromatic carbocycles. The molecule has 2 heterocycles. The van der Waals surface area contributed by atoms with Crippen LogP contribution in [0.1, 0.15) is 102 Å². The number of rotatable bonds is 14. The number of nitrogens with one attached hydrogen (secondary N) is 3. The van der Waals surface area contributed by atoms with Crippen LogP contribution in [0.2, 0.25) is 0 Å². The maximum Gasteiger partial charge on any atom is 0.408 e. The number of hydrogen-bond donors (Lipinski definition) is 3. The molecular weight excluding hydrogens is 650 g/mol. The van der Waals surface area contributed by atoms with Gasteiger partial charge in [0, 0.05) is 29.2 Å². The lowest BCUT2D eigenvalue weighted by Gasteiger charge is -2.28. The maximum absolute atomic E-state index is 13.9. The summed E-state index contributed by atoms with van der Waals surface area (Å²) in [5.41, 5.74) is 3.66. The normalized spacial score (nSPS) is 15.8. The summed E-state index contributed by atoms with van der Waals surface area (Å²) < 4.78 is 14.2. The molecule has 13 heteroatoms. The Morgan fingerprint density at radius 1 is 0.902 bits per heavy atom. The fourth-order valence-electron chi connectivity index (χ4n) is 6.68. The van der Waals surface area contributed by atoms with Crippen molar-refractivity contribution in [2.75, 3.05) is 5.32 Å². The molecular formula is C38H53N7O6. The van der Waals surface area contributed by atoms with E-state index in [9.17, 15) is 19.2 Å². The van der Waals surface area contributed by atoms with Crippen molar-refractivity contribution >= 4 is 29.6 Å². The fourth-order valence-corrected chi connectivity index (χ4v) is 6.68. The Labute approximate surface area is 300 Å². The van der Waals surface area contributed by atoms with Crippen molar-refractivity contribution in [3.63, 3.8) is 0 Å². The lowest BCUT2D eigenvalue weighted by atomic mass is 9.88. The van der Waals surface area contributed by atoms with E-state index in [0.29, 0.717) is 23.2 Å². The van der Waals surface area contributed by atoms with E-state index in [0.717, 1.165) is 48.2 Å². The van der Waals surface area contributed by atoms with Crippen LogP contribution in [0, 0.1) is 37.5 Å². The summed E-state index contributed by atoms with van der Waals surface area (Å²) in [6.45, 7) is 16.5. The number of ether oxygens (including phenoxy) is 2. The second-order valence-electron chi connectivity index (χ2n) is 15.5. The van der Waals surface area contributed by atoms with Gasteiger partial charge in [-0.05, 0) is 122 Å². The zero-order chi connectivity index (χ0) is 37.2. The van der Waals surface area contributed by atoms with Crippen LogP contribution in [-0.4, -0.2) is 61.1 Å². The second kappa shape index (κ2) is 15.3. The summed E-state index contributed by atoms with van der Waals surface area (Å²) in [5, 5.41) is 17.7. The number of carbonyl (C=O) groups is 4. The topological polar surface area (TPSA) is 158 Å². The van der Waals surface area contributed by atoms with E-state index in [1.807, 2.05) is 65.8 Å². The van der Waals surface area contributed by atoms with Crippen molar-refractivity contribution in [1.29, 1.82) is 0 Å². The highest BCUT2D eigenvalue weighted by Gasteiger charge is 2.48. The molecule has 0 radical (unpaired) electrons. The first-order valence-electron chi connectivity index (χ1n) is 18.0. The first-order valence-corrected chi connectivity index (χ1v) is 18.0. The van der Waals surface area contributed by atoms with Crippen LogP contribution in [0.25, 0.3) is 11.1 Å². The van der Waals surface area contributed by atoms with Gasteiger partial charge in [0.2, 0.25) is 5.91 Å². The predicted molar refractivity (Wildman–Crippen MR) is 193 cm³/mol. The monoisotopic (exact) mass is 703 g/mol. The van der Waals surface area contributed by atoms with Gasteiger partial charge >= 0.3 is 12.1 Å². The van der Waals surface area contributed by atoms with Gasteiger partial charge in [-0.25, -0.2) is 14.3 Å². The highest BCUT2D eigenvalue weighted by Crippen LogP contribution is 2.51. The van der Waals surface area contributed by atoms with Crippen LogP contribution in [0.5, 0.6) is 0 Å². The highest BCUT2D eigenvalue weighted by molar-refractivity contribution is 6.01. The molecule has 2 aliphatic carbocycles. The van der Waals surface area contributed by atoms with E-state index in [1.54, 1.807) is 42.4 Å². The van der Waals surface area contributed by atoms with Crippen molar-refractivity contribution < 1.29 is 28.7 Å². The minimum atomic E-state index is -0.890. The molecule has 2 unspecified atom stereocenters. The third-order valence-electron chi connectivity index (χ3n) is 9.42. The van der Waals surface area contributed by atoms with Gasteiger partial charge in [-0.1, -0.05) is 26.0 Å². The van der Waals surface area contributed by atoms with E-state index >= 15 is 0 Å². The number of alkyl carbamates (subject to hydrolysis) is 1. The van der Waals surface area contributed by atoms with Gasteiger partial charge in [0.1, 0.15) is 23.4 Å². The average molecular weight is 704 g/mol. The molecule has 5 rings (SSSR count).